The van der Waals surface area contributed by atoms with Crippen molar-refractivity contribution in [1.29, 1.82) is 0 Å². The minimum absolute atomic E-state index is 0.124. The molecule has 4 rings (SSSR count). The molecule has 0 bridgehead atoms. The molecule has 24 heavy (non-hydrogen) atoms. The molecular formula is C19H25N3O2. The molecular weight excluding hydrogens is 302 g/mol. The first kappa shape index (κ1) is 15.7. The molecule has 3 heterocycles. The molecule has 0 aliphatic carbocycles. The first-order valence-electron chi connectivity index (χ1n) is 8.85. The number of fused-ring (bicyclic) bond motifs is 1. The van der Waals surface area contributed by atoms with Crippen LogP contribution in [-0.4, -0.2) is 60.1 Å². The van der Waals surface area contributed by atoms with Crippen molar-refractivity contribution in [1.82, 2.24) is 14.8 Å². The highest BCUT2D eigenvalue weighted by molar-refractivity contribution is 5.80. The van der Waals surface area contributed by atoms with Crippen molar-refractivity contribution in [3.8, 4) is 0 Å². The number of carbonyl (C=O) groups excluding carboxylic acids is 1. The van der Waals surface area contributed by atoms with Crippen LogP contribution in [0.3, 0.4) is 0 Å². The van der Waals surface area contributed by atoms with Gasteiger partial charge in [-0.05, 0) is 35.1 Å². The number of nitrogens with zero attached hydrogens (tertiary/aromatic N) is 2. The van der Waals surface area contributed by atoms with Gasteiger partial charge in [-0.3, -0.25) is 9.69 Å². The quantitative estimate of drug-likeness (QED) is 0.939. The van der Waals surface area contributed by atoms with Crippen molar-refractivity contribution in [2.24, 2.45) is 11.8 Å². The van der Waals surface area contributed by atoms with E-state index < -0.39 is 0 Å². The third-order valence-corrected chi connectivity index (χ3v) is 5.35. The van der Waals surface area contributed by atoms with Crippen LogP contribution >= 0.6 is 0 Å². The molecule has 2 aromatic rings. The Balaban J connectivity index is 1.41. The number of ether oxygens (including phenoxy) is 1. The summed E-state index contributed by atoms with van der Waals surface area (Å²) >= 11 is 0. The average molecular weight is 327 g/mol. The molecule has 0 saturated carbocycles. The van der Waals surface area contributed by atoms with E-state index in [1.165, 1.54) is 16.5 Å². The molecule has 1 aromatic carbocycles. The lowest BCUT2D eigenvalue weighted by Gasteiger charge is -2.30. The predicted octanol–water partition coefficient (Wildman–Crippen LogP) is 2.09. The van der Waals surface area contributed by atoms with Crippen LogP contribution in [0.15, 0.2) is 30.5 Å². The summed E-state index contributed by atoms with van der Waals surface area (Å²) in [4.78, 5) is 20.4. The third-order valence-electron chi connectivity index (χ3n) is 5.35. The number of H-pyrrole nitrogens is 1. The van der Waals surface area contributed by atoms with Gasteiger partial charge in [-0.25, -0.2) is 0 Å². The second-order valence-electron chi connectivity index (χ2n) is 7.11. The molecule has 2 aliphatic rings. The van der Waals surface area contributed by atoms with Crippen LogP contribution in [-0.2, 0) is 16.1 Å². The standard InChI is InChI=1S/C19H25N3O2/c1-14-11-21(12-15-2-3-18-16(10-15)4-5-20-18)13-17(14)19(23)22-6-8-24-9-7-22/h2-5,10,14,17,20H,6-9,11-13H2,1H3/t14-,17-/m1/s1. The lowest BCUT2D eigenvalue weighted by atomic mass is 9.96. The largest absolute Gasteiger partial charge is 0.378 e. The normalized spacial score (nSPS) is 25.5. The number of morpholine rings is 1. The molecule has 0 unspecified atom stereocenters. The second kappa shape index (κ2) is 6.57. The van der Waals surface area contributed by atoms with Crippen LogP contribution in [0.4, 0.5) is 0 Å². The smallest absolute Gasteiger partial charge is 0.227 e. The van der Waals surface area contributed by atoms with Gasteiger partial charge in [0, 0.05) is 44.4 Å². The summed E-state index contributed by atoms with van der Waals surface area (Å²) in [6.07, 6.45) is 1.98. The number of nitrogens with one attached hydrogen (secondary N) is 1. The zero-order valence-corrected chi connectivity index (χ0v) is 14.2. The Morgan fingerprint density at radius 1 is 1.25 bits per heavy atom. The number of hydrogen-bond donors (Lipinski definition) is 1. The van der Waals surface area contributed by atoms with Crippen molar-refractivity contribution in [3.05, 3.63) is 36.0 Å². The second-order valence-corrected chi connectivity index (χ2v) is 7.11. The van der Waals surface area contributed by atoms with Gasteiger partial charge >= 0.3 is 0 Å². The maximum Gasteiger partial charge on any atom is 0.227 e. The first-order valence-corrected chi connectivity index (χ1v) is 8.85. The average Bonchev–Trinajstić information content (AvgIpc) is 3.21. The fourth-order valence-corrected chi connectivity index (χ4v) is 4.00. The fraction of sp³-hybridized carbons (Fsp3) is 0.526. The summed E-state index contributed by atoms with van der Waals surface area (Å²) in [5.74, 6) is 0.852. The number of carbonyl (C=O) groups is 1. The molecule has 128 valence electrons. The molecule has 1 amide bonds. The maximum atomic E-state index is 12.8. The SMILES string of the molecule is C[C@@H]1CN(Cc2ccc3[nH]ccc3c2)C[C@H]1C(=O)N1CCOCC1. The van der Waals surface area contributed by atoms with E-state index in [4.69, 9.17) is 4.74 Å². The van der Waals surface area contributed by atoms with Gasteiger partial charge in [0.15, 0.2) is 0 Å². The zero-order valence-electron chi connectivity index (χ0n) is 14.2. The highest BCUT2D eigenvalue weighted by atomic mass is 16.5. The summed E-state index contributed by atoms with van der Waals surface area (Å²) in [6.45, 7) is 7.81. The van der Waals surface area contributed by atoms with Crippen molar-refractivity contribution < 1.29 is 9.53 Å². The van der Waals surface area contributed by atoms with Gasteiger partial charge in [0.05, 0.1) is 19.1 Å². The number of aromatic nitrogens is 1. The number of likely N-dealkylation sites (tertiary alicyclic amines) is 1. The van der Waals surface area contributed by atoms with E-state index in [0.717, 1.165) is 32.7 Å². The van der Waals surface area contributed by atoms with Crippen LogP contribution < -0.4 is 0 Å². The summed E-state index contributed by atoms with van der Waals surface area (Å²) in [5, 5.41) is 1.25. The summed E-state index contributed by atoms with van der Waals surface area (Å²) in [5.41, 5.74) is 2.49. The highest BCUT2D eigenvalue weighted by Gasteiger charge is 2.37. The first-order chi connectivity index (χ1) is 11.7. The Kier molecular flexibility index (Phi) is 4.29. The molecule has 0 spiro atoms. The Labute approximate surface area is 142 Å². The molecule has 5 nitrogen and oxygen atoms in total. The van der Waals surface area contributed by atoms with Crippen LogP contribution in [0.25, 0.3) is 10.9 Å². The van der Waals surface area contributed by atoms with E-state index in [2.05, 4.69) is 41.1 Å². The van der Waals surface area contributed by atoms with Gasteiger partial charge in [-0.2, -0.15) is 0 Å². The summed E-state index contributed by atoms with van der Waals surface area (Å²) in [7, 11) is 0. The van der Waals surface area contributed by atoms with Gasteiger partial charge < -0.3 is 14.6 Å². The van der Waals surface area contributed by atoms with Crippen LogP contribution in [0.1, 0.15) is 12.5 Å². The topological polar surface area (TPSA) is 48.6 Å². The lowest BCUT2D eigenvalue weighted by Crippen LogP contribution is -2.45. The van der Waals surface area contributed by atoms with E-state index in [9.17, 15) is 4.79 Å². The molecule has 0 radical (unpaired) electrons. The minimum Gasteiger partial charge on any atom is -0.378 e. The zero-order chi connectivity index (χ0) is 16.5. The highest BCUT2D eigenvalue weighted by Crippen LogP contribution is 2.27. The van der Waals surface area contributed by atoms with Crippen LogP contribution in [0, 0.1) is 11.8 Å². The molecule has 1 aromatic heterocycles. The van der Waals surface area contributed by atoms with Gasteiger partial charge in [0.2, 0.25) is 5.91 Å². The van der Waals surface area contributed by atoms with Gasteiger partial charge in [0.1, 0.15) is 0 Å². The van der Waals surface area contributed by atoms with Crippen molar-refractivity contribution in [2.45, 2.75) is 13.5 Å². The van der Waals surface area contributed by atoms with E-state index in [0.29, 0.717) is 25.0 Å². The van der Waals surface area contributed by atoms with Gasteiger partial charge in [-0.1, -0.05) is 13.0 Å². The van der Waals surface area contributed by atoms with Crippen molar-refractivity contribution >= 4 is 16.8 Å². The Bertz CT molecular complexity index is 720. The lowest BCUT2D eigenvalue weighted by molar-refractivity contribution is -0.140. The van der Waals surface area contributed by atoms with Crippen LogP contribution in [0.2, 0.25) is 0 Å². The molecule has 5 heteroatoms. The molecule has 2 atom stereocenters. The molecule has 2 fully saturated rings. The molecule has 2 aliphatic heterocycles. The Hall–Kier alpha value is -1.85. The number of amides is 1. The Morgan fingerprint density at radius 3 is 2.92 bits per heavy atom. The monoisotopic (exact) mass is 327 g/mol. The summed E-state index contributed by atoms with van der Waals surface area (Å²) in [6, 6.07) is 8.67. The summed E-state index contributed by atoms with van der Waals surface area (Å²) < 4.78 is 5.36. The number of rotatable bonds is 3. The van der Waals surface area contributed by atoms with E-state index >= 15 is 0 Å². The van der Waals surface area contributed by atoms with E-state index in [1.807, 2.05) is 11.1 Å². The number of hydrogen-bond acceptors (Lipinski definition) is 3. The van der Waals surface area contributed by atoms with E-state index in [-0.39, 0.29) is 5.92 Å². The fourth-order valence-electron chi connectivity index (χ4n) is 4.00. The van der Waals surface area contributed by atoms with Crippen LogP contribution in [0.5, 0.6) is 0 Å². The van der Waals surface area contributed by atoms with Gasteiger partial charge in [0.25, 0.3) is 0 Å². The molecule has 1 N–H and O–H groups in total. The van der Waals surface area contributed by atoms with E-state index in [1.54, 1.807) is 0 Å². The van der Waals surface area contributed by atoms with Crippen molar-refractivity contribution in [2.75, 3.05) is 39.4 Å². The number of benzene rings is 1. The maximum absolute atomic E-state index is 12.8. The Morgan fingerprint density at radius 2 is 2.08 bits per heavy atom. The predicted molar refractivity (Wildman–Crippen MR) is 93.6 cm³/mol. The molecule has 2 saturated heterocycles. The third kappa shape index (κ3) is 3.06. The number of aromatic amines is 1. The van der Waals surface area contributed by atoms with Gasteiger partial charge in [-0.15, -0.1) is 0 Å². The minimum atomic E-state index is 0.124. The van der Waals surface area contributed by atoms with Crippen molar-refractivity contribution in [3.63, 3.8) is 0 Å².